The van der Waals surface area contributed by atoms with Crippen molar-refractivity contribution in [2.45, 2.75) is 58.0 Å². The summed E-state index contributed by atoms with van der Waals surface area (Å²) >= 11 is 0. The van der Waals surface area contributed by atoms with Gasteiger partial charge in [0, 0.05) is 6.10 Å². The molecule has 0 saturated carbocycles. The molecule has 0 spiro atoms. The van der Waals surface area contributed by atoms with E-state index in [1.807, 2.05) is 0 Å². The van der Waals surface area contributed by atoms with E-state index in [9.17, 15) is 5.11 Å². The molecule has 0 aromatic carbocycles. The third-order valence-corrected chi connectivity index (χ3v) is 2.02. The van der Waals surface area contributed by atoms with E-state index in [0.29, 0.717) is 6.42 Å². The summed E-state index contributed by atoms with van der Waals surface area (Å²) in [6.45, 7) is 5.68. The molecule has 0 amide bonds. The maximum atomic E-state index is 9.30. The van der Waals surface area contributed by atoms with Crippen molar-refractivity contribution in [1.82, 2.24) is 0 Å². The van der Waals surface area contributed by atoms with Crippen molar-refractivity contribution in [2.24, 2.45) is 0 Å². The number of rotatable bonds is 8. The molecule has 1 N–H and O–H groups in total. The maximum absolute atomic E-state index is 9.30. The number of unbranched alkanes of at least 4 members (excludes halogenated alkanes) is 4. The van der Waals surface area contributed by atoms with Crippen molar-refractivity contribution in [3.8, 4) is 0 Å². The molecule has 0 aliphatic heterocycles. The monoisotopic (exact) mass is 176 g/mol. The van der Waals surface area contributed by atoms with E-state index in [2.05, 4.69) is 19.6 Å². The molecule has 0 saturated heterocycles. The van der Waals surface area contributed by atoms with Gasteiger partial charge in [-0.2, -0.15) is 6.42 Å². The van der Waals surface area contributed by atoms with Gasteiger partial charge in [-0.05, 0) is 6.42 Å². The molecule has 0 aliphatic carbocycles. The van der Waals surface area contributed by atoms with Gasteiger partial charge < -0.3 is 11.2 Å². The van der Waals surface area contributed by atoms with Crippen LogP contribution in [0.3, 0.4) is 0 Å². The number of aliphatic hydroxyl groups is 1. The normalized spacial score (nSPS) is 11.8. The van der Waals surface area contributed by atoms with Crippen LogP contribution in [0.4, 0.5) is 0 Å². The van der Waals surface area contributed by atoms with Gasteiger partial charge in [0.15, 0.2) is 0 Å². The van der Waals surface area contributed by atoms with Crippen LogP contribution in [0, 0.1) is 6.08 Å². The minimum Gasteiger partial charge on any atom is -0.502 e. The molecular formula is C11H21LiO. The Hall–Kier alpha value is 0.297. The van der Waals surface area contributed by atoms with Crippen molar-refractivity contribution < 1.29 is 24.0 Å². The van der Waals surface area contributed by atoms with Crippen molar-refractivity contribution in [2.75, 3.05) is 0 Å². The van der Waals surface area contributed by atoms with Crippen LogP contribution in [0.15, 0.2) is 6.58 Å². The molecule has 1 unspecified atom stereocenters. The van der Waals surface area contributed by atoms with Gasteiger partial charge in [0.05, 0.1) is 0 Å². The molecule has 13 heavy (non-hydrogen) atoms. The summed E-state index contributed by atoms with van der Waals surface area (Å²) in [5.74, 6) is 0. The van der Waals surface area contributed by atoms with Crippen LogP contribution in [0.2, 0.25) is 0 Å². The predicted molar refractivity (Wildman–Crippen MR) is 52.9 cm³/mol. The number of hydrogen-bond acceptors (Lipinski definition) is 1. The Morgan fingerprint density at radius 1 is 1.23 bits per heavy atom. The van der Waals surface area contributed by atoms with Crippen molar-refractivity contribution in [3.63, 3.8) is 0 Å². The Morgan fingerprint density at radius 3 is 2.38 bits per heavy atom. The Labute approximate surface area is 94.8 Å². The van der Waals surface area contributed by atoms with Crippen LogP contribution >= 0.6 is 0 Å². The molecule has 2 heteroatoms. The smallest absolute Gasteiger partial charge is 0.502 e. The Kier molecular flexibility index (Phi) is 14.9. The molecule has 0 aliphatic rings. The van der Waals surface area contributed by atoms with E-state index in [1.54, 1.807) is 0 Å². The zero-order valence-corrected chi connectivity index (χ0v) is 9.18. The molecule has 0 radical (unpaired) electrons. The largest absolute Gasteiger partial charge is 1.00 e. The summed E-state index contributed by atoms with van der Waals surface area (Å²) < 4.78 is 0. The van der Waals surface area contributed by atoms with Crippen molar-refractivity contribution >= 4 is 0 Å². The Bertz CT molecular complexity index is 104. The second kappa shape index (κ2) is 12.3. The van der Waals surface area contributed by atoms with Gasteiger partial charge in [-0.3, -0.25) is 6.58 Å². The molecule has 0 aromatic rings. The standard InChI is InChI=1S/C11H21O.Li/c1-3-5-6-7-8-10-11(12)9-4-2;/h11-12H,2-3,5-10H2,1H3;/q-1;+1. The summed E-state index contributed by atoms with van der Waals surface area (Å²) in [6, 6.07) is 0. The molecule has 0 bridgehead atoms. The fourth-order valence-corrected chi connectivity index (χ4v) is 1.25. The first-order chi connectivity index (χ1) is 5.81. The summed E-state index contributed by atoms with van der Waals surface area (Å²) in [4.78, 5) is 0. The van der Waals surface area contributed by atoms with Gasteiger partial charge in [0.2, 0.25) is 0 Å². The zero-order chi connectivity index (χ0) is 9.23. The molecule has 0 heterocycles. The predicted octanol–water partition coefficient (Wildman–Crippen LogP) is 0.0911. The molecule has 0 rings (SSSR count). The van der Waals surface area contributed by atoms with E-state index in [1.165, 1.54) is 25.7 Å². The minimum atomic E-state index is -0.205. The topological polar surface area (TPSA) is 20.2 Å². The third kappa shape index (κ3) is 12.3. The van der Waals surface area contributed by atoms with E-state index in [0.717, 1.165) is 12.8 Å². The summed E-state index contributed by atoms with van der Waals surface area (Å²) in [5, 5.41) is 9.30. The fourth-order valence-electron chi connectivity index (χ4n) is 1.25. The molecule has 72 valence electrons. The number of aliphatic hydroxyl groups excluding tert-OH is 1. The first-order valence-electron chi connectivity index (χ1n) is 4.99. The van der Waals surface area contributed by atoms with E-state index < -0.39 is 0 Å². The summed E-state index contributed by atoms with van der Waals surface area (Å²) in [6.07, 6.45) is 10.3. The van der Waals surface area contributed by atoms with Gasteiger partial charge in [0.1, 0.15) is 0 Å². The van der Waals surface area contributed by atoms with E-state index in [-0.39, 0.29) is 25.0 Å². The fraction of sp³-hybridized carbons (Fsp3) is 0.818. The first kappa shape index (κ1) is 15.8. The second-order valence-corrected chi connectivity index (χ2v) is 3.31. The minimum absolute atomic E-state index is 0. The van der Waals surface area contributed by atoms with Crippen LogP contribution in [0.5, 0.6) is 0 Å². The average molecular weight is 176 g/mol. The van der Waals surface area contributed by atoms with Gasteiger partial charge in [0.25, 0.3) is 0 Å². The first-order valence-corrected chi connectivity index (χ1v) is 4.99. The van der Waals surface area contributed by atoms with Crippen LogP contribution in [0.1, 0.15) is 51.9 Å². The van der Waals surface area contributed by atoms with E-state index >= 15 is 0 Å². The third-order valence-electron chi connectivity index (χ3n) is 2.02. The van der Waals surface area contributed by atoms with Gasteiger partial charge >= 0.3 is 18.9 Å². The Morgan fingerprint density at radius 2 is 1.85 bits per heavy atom. The van der Waals surface area contributed by atoms with Crippen LogP contribution in [-0.4, -0.2) is 11.2 Å². The Balaban J connectivity index is 0. The van der Waals surface area contributed by atoms with Gasteiger partial charge in [-0.25, -0.2) is 0 Å². The van der Waals surface area contributed by atoms with Crippen molar-refractivity contribution in [1.29, 1.82) is 0 Å². The summed E-state index contributed by atoms with van der Waals surface area (Å²) in [7, 11) is 0. The average Bonchev–Trinajstić information content (AvgIpc) is 2.05. The van der Waals surface area contributed by atoms with Crippen LogP contribution < -0.4 is 18.9 Å². The molecule has 1 atom stereocenters. The van der Waals surface area contributed by atoms with Gasteiger partial charge in [-0.1, -0.05) is 39.0 Å². The molecular weight excluding hydrogens is 155 g/mol. The summed E-state index contributed by atoms with van der Waals surface area (Å²) in [5.41, 5.74) is 0. The van der Waals surface area contributed by atoms with E-state index in [4.69, 9.17) is 0 Å². The van der Waals surface area contributed by atoms with Crippen molar-refractivity contribution in [3.05, 3.63) is 12.7 Å². The quantitative estimate of drug-likeness (QED) is 0.316. The molecule has 0 aromatic heterocycles. The maximum Gasteiger partial charge on any atom is 1.00 e. The SMILES string of the molecule is C=[C-]CC(O)CCCCCCC.[Li+]. The molecule has 0 fully saturated rings. The van der Waals surface area contributed by atoms with Crippen LogP contribution in [0.25, 0.3) is 0 Å². The molecule has 1 nitrogen and oxygen atoms in total. The second-order valence-electron chi connectivity index (χ2n) is 3.31. The van der Waals surface area contributed by atoms with Gasteiger partial charge in [-0.15, -0.1) is 0 Å². The van der Waals surface area contributed by atoms with Crippen LogP contribution in [-0.2, 0) is 0 Å². The zero-order valence-electron chi connectivity index (χ0n) is 9.18. The number of hydrogen-bond donors (Lipinski definition) is 1.